The summed E-state index contributed by atoms with van der Waals surface area (Å²) in [6.45, 7) is 4.74. The van der Waals surface area contributed by atoms with Crippen LogP contribution in [0.25, 0.3) is 5.69 Å². The number of fused-ring (bicyclic) bond motifs is 3. The molecule has 0 amide bonds. The van der Waals surface area contributed by atoms with E-state index in [1.807, 2.05) is 23.1 Å². The van der Waals surface area contributed by atoms with Crippen LogP contribution in [-0.4, -0.2) is 40.4 Å². The van der Waals surface area contributed by atoms with Crippen molar-refractivity contribution < 1.29 is 0 Å². The molecule has 0 radical (unpaired) electrons. The number of nitrogens with one attached hydrogen (secondary N) is 1. The molecule has 4 heteroatoms. The number of hydrogen-bond donors (Lipinski definition) is 1. The van der Waals surface area contributed by atoms with Gasteiger partial charge in [-0.15, -0.1) is 0 Å². The van der Waals surface area contributed by atoms with Crippen LogP contribution in [0.3, 0.4) is 0 Å². The summed E-state index contributed by atoms with van der Waals surface area (Å²) in [5, 5.41) is 8.15. The molecule has 3 saturated heterocycles. The van der Waals surface area contributed by atoms with Crippen molar-refractivity contribution in [3.05, 3.63) is 48.3 Å². The maximum absolute atomic E-state index is 4.36. The summed E-state index contributed by atoms with van der Waals surface area (Å²) in [6.07, 6.45) is 6.56. The Kier molecular flexibility index (Phi) is 3.49. The lowest BCUT2D eigenvalue weighted by atomic mass is 9.84. The van der Waals surface area contributed by atoms with Crippen LogP contribution in [0.5, 0.6) is 0 Å². The monoisotopic (exact) mass is 282 g/mol. The molecule has 0 saturated carbocycles. The second-order valence-electron chi connectivity index (χ2n) is 6.20. The van der Waals surface area contributed by atoms with Crippen LogP contribution >= 0.6 is 0 Å². The molecule has 3 fully saturated rings. The molecule has 0 spiro atoms. The summed E-state index contributed by atoms with van der Waals surface area (Å²) >= 11 is 0. The summed E-state index contributed by atoms with van der Waals surface area (Å²) in [6, 6.07) is 11.1. The predicted molar refractivity (Wildman–Crippen MR) is 83.4 cm³/mol. The van der Waals surface area contributed by atoms with Crippen LogP contribution in [0.4, 0.5) is 0 Å². The first-order chi connectivity index (χ1) is 10.4. The highest BCUT2D eigenvalue weighted by molar-refractivity contribution is 5.40. The van der Waals surface area contributed by atoms with Crippen molar-refractivity contribution in [2.45, 2.75) is 25.4 Å². The van der Waals surface area contributed by atoms with Gasteiger partial charge in [0.05, 0.1) is 5.69 Å². The minimum atomic E-state index is 0.651. The molecular weight excluding hydrogens is 260 g/mol. The Balaban J connectivity index is 1.48. The van der Waals surface area contributed by atoms with E-state index in [-0.39, 0.29) is 0 Å². The first kappa shape index (κ1) is 13.0. The average Bonchev–Trinajstić information content (AvgIpc) is 3.09. The number of aromatic nitrogens is 2. The summed E-state index contributed by atoms with van der Waals surface area (Å²) in [4.78, 5) is 2.59. The van der Waals surface area contributed by atoms with Crippen LogP contribution in [0.1, 0.15) is 18.4 Å². The fraction of sp³-hybridized carbons (Fsp3) is 0.471. The molecule has 4 heterocycles. The maximum atomic E-state index is 4.36. The number of nitrogens with zero attached hydrogens (tertiary/aromatic N) is 3. The van der Waals surface area contributed by atoms with E-state index in [2.05, 4.69) is 39.6 Å². The Morgan fingerprint density at radius 1 is 1.14 bits per heavy atom. The lowest BCUT2D eigenvalue weighted by molar-refractivity contribution is 0.0720. The summed E-state index contributed by atoms with van der Waals surface area (Å²) in [5.74, 6) is 0.867. The molecule has 1 N–H and O–H groups in total. The van der Waals surface area contributed by atoms with Crippen LogP contribution in [0.2, 0.25) is 0 Å². The van der Waals surface area contributed by atoms with Crippen molar-refractivity contribution in [3.8, 4) is 5.69 Å². The van der Waals surface area contributed by atoms with E-state index in [0.29, 0.717) is 6.04 Å². The van der Waals surface area contributed by atoms with E-state index < -0.39 is 0 Å². The van der Waals surface area contributed by atoms with Crippen LogP contribution in [0.15, 0.2) is 42.7 Å². The number of hydrogen-bond acceptors (Lipinski definition) is 3. The molecule has 3 aliphatic heterocycles. The van der Waals surface area contributed by atoms with Gasteiger partial charge < -0.3 is 10.2 Å². The van der Waals surface area contributed by atoms with Crippen LogP contribution in [0, 0.1) is 5.92 Å². The Morgan fingerprint density at radius 3 is 2.71 bits per heavy atom. The van der Waals surface area contributed by atoms with E-state index in [0.717, 1.165) is 12.5 Å². The number of rotatable bonds is 4. The van der Waals surface area contributed by atoms with Gasteiger partial charge in [0.2, 0.25) is 0 Å². The van der Waals surface area contributed by atoms with Gasteiger partial charge in [-0.25, -0.2) is 4.68 Å². The molecule has 1 aromatic heterocycles. The van der Waals surface area contributed by atoms with Gasteiger partial charge in [-0.2, -0.15) is 5.10 Å². The summed E-state index contributed by atoms with van der Waals surface area (Å²) < 4.78 is 1.95. The van der Waals surface area contributed by atoms with Gasteiger partial charge in [-0.05, 0) is 49.5 Å². The Labute approximate surface area is 125 Å². The third-order valence-corrected chi connectivity index (χ3v) is 4.95. The fourth-order valence-corrected chi connectivity index (χ4v) is 3.73. The normalized spacial score (nSPS) is 27.9. The SMILES string of the molecule is c1ccc(-n2cccn2)c(CNC2CN3CCC2CC3)c1. The van der Waals surface area contributed by atoms with Crippen LogP contribution in [-0.2, 0) is 6.54 Å². The topological polar surface area (TPSA) is 33.1 Å². The van der Waals surface area contributed by atoms with Crippen LogP contribution < -0.4 is 5.32 Å². The average molecular weight is 282 g/mol. The molecule has 5 rings (SSSR count). The van der Waals surface area contributed by atoms with E-state index in [9.17, 15) is 0 Å². The van der Waals surface area contributed by atoms with Crippen molar-refractivity contribution in [1.82, 2.24) is 20.0 Å². The van der Waals surface area contributed by atoms with Crippen molar-refractivity contribution >= 4 is 0 Å². The van der Waals surface area contributed by atoms with Crippen molar-refractivity contribution in [2.75, 3.05) is 19.6 Å². The lowest BCUT2D eigenvalue weighted by Gasteiger charge is -2.45. The van der Waals surface area contributed by atoms with Gasteiger partial charge in [-0.3, -0.25) is 0 Å². The van der Waals surface area contributed by atoms with Gasteiger partial charge in [-0.1, -0.05) is 18.2 Å². The van der Waals surface area contributed by atoms with Crippen molar-refractivity contribution in [1.29, 1.82) is 0 Å². The lowest BCUT2D eigenvalue weighted by Crippen LogP contribution is -2.55. The van der Waals surface area contributed by atoms with Gasteiger partial charge in [0.15, 0.2) is 0 Å². The smallest absolute Gasteiger partial charge is 0.0690 e. The molecule has 110 valence electrons. The molecule has 1 unspecified atom stereocenters. The molecule has 0 aliphatic carbocycles. The maximum Gasteiger partial charge on any atom is 0.0690 e. The van der Waals surface area contributed by atoms with E-state index in [1.54, 1.807) is 0 Å². The van der Waals surface area contributed by atoms with E-state index >= 15 is 0 Å². The minimum Gasteiger partial charge on any atom is -0.308 e. The number of para-hydroxylation sites is 1. The highest BCUT2D eigenvalue weighted by Gasteiger charge is 2.33. The zero-order valence-corrected chi connectivity index (χ0v) is 12.3. The Bertz CT molecular complexity index is 585. The third kappa shape index (κ3) is 2.61. The first-order valence-corrected chi connectivity index (χ1v) is 7.94. The zero-order chi connectivity index (χ0) is 14.1. The predicted octanol–water partition coefficient (Wildman–Crippen LogP) is 2.06. The van der Waals surface area contributed by atoms with Crippen molar-refractivity contribution in [3.63, 3.8) is 0 Å². The molecule has 1 aromatic carbocycles. The zero-order valence-electron chi connectivity index (χ0n) is 12.3. The molecule has 21 heavy (non-hydrogen) atoms. The molecule has 2 aromatic rings. The second-order valence-corrected chi connectivity index (χ2v) is 6.20. The van der Waals surface area contributed by atoms with Gasteiger partial charge in [0.1, 0.15) is 0 Å². The number of benzene rings is 1. The Hall–Kier alpha value is -1.65. The number of piperidine rings is 3. The van der Waals surface area contributed by atoms with Gasteiger partial charge in [0, 0.05) is 31.5 Å². The third-order valence-electron chi connectivity index (χ3n) is 4.95. The van der Waals surface area contributed by atoms with Gasteiger partial charge >= 0.3 is 0 Å². The summed E-state index contributed by atoms with van der Waals surface area (Å²) in [7, 11) is 0. The fourth-order valence-electron chi connectivity index (χ4n) is 3.73. The Morgan fingerprint density at radius 2 is 2.00 bits per heavy atom. The van der Waals surface area contributed by atoms with Crippen molar-refractivity contribution in [2.24, 2.45) is 5.92 Å². The highest BCUT2D eigenvalue weighted by Crippen LogP contribution is 2.27. The molecule has 2 bridgehead atoms. The quantitative estimate of drug-likeness (QED) is 0.932. The van der Waals surface area contributed by atoms with E-state index in [4.69, 9.17) is 0 Å². The molecule has 4 nitrogen and oxygen atoms in total. The highest BCUT2D eigenvalue weighted by atomic mass is 15.3. The largest absolute Gasteiger partial charge is 0.308 e. The first-order valence-electron chi connectivity index (χ1n) is 7.94. The molecular formula is C17H22N4. The second kappa shape index (κ2) is 5.62. The molecule has 1 atom stereocenters. The summed E-state index contributed by atoms with van der Waals surface area (Å²) in [5.41, 5.74) is 2.49. The van der Waals surface area contributed by atoms with Gasteiger partial charge in [0.25, 0.3) is 0 Å². The van der Waals surface area contributed by atoms with E-state index in [1.165, 1.54) is 43.7 Å². The minimum absolute atomic E-state index is 0.651. The standard InChI is InChI=1S/C17H22N4/c1-2-5-17(21-9-3-8-19-21)15(4-1)12-18-16-13-20-10-6-14(16)7-11-20/h1-5,8-9,14,16,18H,6-7,10-13H2. The molecule has 3 aliphatic rings.